The molecular weight excluding hydrogens is 284 g/mol. The van der Waals surface area contributed by atoms with Crippen molar-refractivity contribution >= 4 is 17.7 Å². The molecule has 0 aliphatic rings. The Bertz CT molecular complexity index is 618. The summed E-state index contributed by atoms with van der Waals surface area (Å²) in [5.74, 6) is -0.271. The molecule has 0 aliphatic carbocycles. The lowest BCUT2D eigenvalue weighted by atomic mass is 10.0. The SMILES string of the molecule is Cc1cn(Cc2ccc(C(C)C)cc2)c(SCC(=O)O)n1. The molecule has 0 saturated heterocycles. The summed E-state index contributed by atoms with van der Waals surface area (Å²) >= 11 is 1.26. The summed E-state index contributed by atoms with van der Waals surface area (Å²) in [6, 6.07) is 8.54. The average Bonchev–Trinajstić information content (AvgIpc) is 2.77. The van der Waals surface area contributed by atoms with E-state index in [0.717, 1.165) is 10.9 Å². The highest BCUT2D eigenvalue weighted by molar-refractivity contribution is 7.99. The molecule has 0 radical (unpaired) electrons. The first-order chi connectivity index (χ1) is 9.95. The van der Waals surface area contributed by atoms with Gasteiger partial charge in [0, 0.05) is 12.7 Å². The van der Waals surface area contributed by atoms with Gasteiger partial charge in [0.25, 0.3) is 0 Å². The number of aryl methyl sites for hydroxylation is 1. The third-order valence-corrected chi connectivity index (χ3v) is 4.16. The summed E-state index contributed by atoms with van der Waals surface area (Å²) in [7, 11) is 0. The lowest BCUT2D eigenvalue weighted by Gasteiger charge is -2.09. The fraction of sp³-hybridized carbons (Fsp3) is 0.375. The second-order valence-electron chi connectivity index (χ2n) is 5.37. The number of carboxylic acid groups (broad SMARTS) is 1. The van der Waals surface area contributed by atoms with Gasteiger partial charge in [-0.2, -0.15) is 0 Å². The standard InChI is InChI=1S/C16H20N2O2S/c1-11(2)14-6-4-13(5-7-14)9-18-8-12(3)17-16(18)21-10-15(19)20/h4-8,11H,9-10H2,1-3H3,(H,19,20). The quantitative estimate of drug-likeness (QED) is 0.829. The number of rotatable bonds is 6. The highest BCUT2D eigenvalue weighted by atomic mass is 32.2. The van der Waals surface area contributed by atoms with Crippen LogP contribution in [0, 0.1) is 6.92 Å². The number of carboxylic acids is 1. The van der Waals surface area contributed by atoms with Crippen LogP contribution in [0.25, 0.3) is 0 Å². The lowest BCUT2D eigenvalue weighted by molar-refractivity contribution is -0.133. The maximum atomic E-state index is 10.7. The van der Waals surface area contributed by atoms with E-state index in [1.165, 1.54) is 22.9 Å². The minimum Gasteiger partial charge on any atom is -0.481 e. The van der Waals surface area contributed by atoms with Crippen LogP contribution in [0.15, 0.2) is 35.6 Å². The fourth-order valence-corrected chi connectivity index (χ4v) is 2.83. The van der Waals surface area contributed by atoms with Gasteiger partial charge in [0.1, 0.15) is 0 Å². The number of benzene rings is 1. The van der Waals surface area contributed by atoms with E-state index in [2.05, 4.69) is 43.1 Å². The zero-order chi connectivity index (χ0) is 15.4. The Morgan fingerprint density at radius 3 is 2.57 bits per heavy atom. The molecule has 21 heavy (non-hydrogen) atoms. The number of nitrogens with zero attached hydrogens (tertiary/aromatic N) is 2. The Morgan fingerprint density at radius 1 is 1.33 bits per heavy atom. The van der Waals surface area contributed by atoms with Crippen LogP contribution in [-0.2, 0) is 11.3 Å². The molecule has 2 aromatic rings. The normalized spacial score (nSPS) is 11.0. The van der Waals surface area contributed by atoms with Gasteiger partial charge in [-0.15, -0.1) is 0 Å². The van der Waals surface area contributed by atoms with Crippen LogP contribution < -0.4 is 0 Å². The lowest BCUT2D eigenvalue weighted by Crippen LogP contribution is -2.04. The molecule has 1 aromatic carbocycles. The van der Waals surface area contributed by atoms with Crippen molar-refractivity contribution in [2.24, 2.45) is 0 Å². The van der Waals surface area contributed by atoms with Crippen LogP contribution in [0.2, 0.25) is 0 Å². The molecule has 1 aromatic heterocycles. The number of thioether (sulfide) groups is 1. The second-order valence-corrected chi connectivity index (χ2v) is 6.31. The number of aromatic nitrogens is 2. The van der Waals surface area contributed by atoms with Crippen molar-refractivity contribution in [1.29, 1.82) is 0 Å². The molecule has 1 N–H and O–H groups in total. The van der Waals surface area contributed by atoms with E-state index >= 15 is 0 Å². The smallest absolute Gasteiger partial charge is 0.313 e. The molecule has 0 spiro atoms. The van der Waals surface area contributed by atoms with Crippen molar-refractivity contribution in [3.63, 3.8) is 0 Å². The monoisotopic (exact) mass is 304 g/mol. The van der Waals surface area contributed by atoms with Crippen molar-refractivity contribution in [2.45, 2.75) is 38.4 Å². The summed E-state index contributed by atoms with van der Waals surface area (Å²) in [4.78, 5) is 15.1. The molecule has 0 unspecified atom stereocenters. The van der Waals surface area contributed by atoms with Gasteiger partial charge in [-0.25, -0.2) is 4.98 Å². The number of imidazole rings is 1. The average molecular weight is 304 g/mol. The number of aliphatic carboxylic acids is 1. The van der Waals surface area contributed by atoms with E-state index in [1.54, 1.807) is 0 Å². The minimum absolute atomic E-state index is 0.0305. The molecule has 0 amide bonds. The highest BCUT2D eigenvalue weighted by Gasteiger charge is 2.09. The first-order valence-electron chi connectivity index (χ1n) is 6.93. The van der Waals surface area contributed by atoms with E-state index in [0.29, 0.717) is 12.5 Å². The van der Waals surface area contributed by atoms with Crippen molar-refractivity contribution in [3.05, 3.63) is 47.3 Å². The molecule has 0 aliphatic heterocycles. The molecule has 0 saturated carbocycles. The van der Waals surface area contributed by atoms with Gasteiger partial charge in [-0.1, -0.05) is 49.9 Å². The van der Waals surface area contributed by atoms with Gasteiger partial charge >= 0.3 is 5.97 Å². The molecule has 4 nitrogen and oxygen atoms in total. The van der Waals surface area contributed by atoms with Gasteiger partial charge in [-0.3, -0.25) is 4.79 Å². The zero-order valence-corrected chi connectivity index (χ0v) is 13.4. The maximum absolute atomic E-state index is 10.7. The number of hydrogen-bond acceptors (Lipinski definition) is 3. The molecular formula is C16H20N2O2S. The Morgan fingerprint density at radius 2 is 2.00 bits per heavy atom. The molecule has 112 valence electrons. The maximum Gasteiger partial charge on any atom is 0.313 e. The van der Waals surface area contributed by atoms with E-state index in [1.807, 2.05) is 17.7 Å². The topological polar surface area (TPSA) is 55.1 Å². The summed E-state index contributed by atoms with van der Waals surface area (Å²) in [5, 5.41) is 9.54. The van der Waals surface area contributed by atoms with E-state index in [4.69, 9.17) is 5.11 Å². The first kappa shape index (κ1) is 15.6. The van der Waals surface area contributed by atoms with Crippen LogP contribution >= 0.6 is 11.8 Å². The molecule has 0 fully saturated rings. The molecule has 5 heteroatoms. The number of hydrogen-bond donors (Lipinski definition) is 1. The zero-order valence-electron chi connectivity index (χ0n) is 12.5. The summed E-state index contributed by atoms with van der Waals surface area (Å²) < 4.78 is 2.01. The Kier molecular flexibility index (Phi) is 5.07. The number of carbonyl (C=O) groups is 1. The van der Waals surface area contributed by atoms with Gasteiger partial charge in [0.15, 0.2) is 5.16 Å². The van der Waals surface area contributed by atoms with Gasteiger partial charge in [-0.05, 0) is 24.0 Å². The second kappa shape index (κ2) is 6.80. The third kappa shape index (κ3) is 4.36. The van der Waals surface area contributed by atoms with Crippen molar-refractivity contribution in [2.75, 3.05) is 5.75 Å². The van der Waals surface area contributed by atoms with Crippen LogP contribution in [0.3, 0.4) is 0 Å². The van der Waals surface area contributed by atoms with Gasteiger partial charge < -0.3 is 9.67 Å². The van der Waals surface area contributed by atoms with Crippen LogP contribution in [0.5, 0.6) is 0 Å². The van der Waals surface area contributed by atoms with E-state index in [9.17, 15) is 4.79 Å². The molecule has 0 atom stereocenters. The third-order valence-electron chi connectivity index (χ3n) is 3.18. The first-order valence-corrected chi connectivity index (χ1v) is 7.91. The predicted molar refractivity (Wildman–Crippen MR) is 85.0 cm³/mol. The Labute approximate surface area is 129 Å². The van der Waals surface area contributed by atoms with E-state index < -0.39 is 5.97 Å². The Balaban J connectivity index is 2.13. The highest BCUT2D eigenvalue weighted by Crippen LogP contribution is 2.20. The van der Waals surface area contributed by atoms with Crippen LogP contribution in [0.1, 0.15) is 36.6 Å². The predicted octanol–water partition coefficient (Wildman–Crippen LogP) is 3.54. The van der Waals surface area contributed by atoms with Crippen LogP contribution in [-0.4, -0.2) is 26.4 Å². The fourth-order valence-electron chi connectivity index (χ4n) is 2.08. The van der Waals surface area contributed by atoms with Gasteiger partial charge in [0.2, 0.25) is 0 Å². The summed E-state index contributed by atoms with van der Waals surface area (Å²) in [6.45, 7) is 6.98. The Hall–Kier alpha value is -1.75. The van der Waals surface area contributed by atoms with E-state index in [-0.39, 0.29) is 5.75 Å². The minimum atomic E-state index is -0.825. The van der Waals surface area contributed by atoms with Crippen molar-refractivity contribution in [1.82, 2.24) is 9.55 Å². The molecule has 1 heterocycles. The summed E-state index contributed by atoms with van der Waals surface area (Å²) in [5.41, 5.74) is 3.41. The molecule has 2 rings (SSSR count). The summed E-state index contributed by atoms with van der Waals surface area (Å²) in [6.07, 6.45) is 1.96. The van der Waals surface area contributed by atoms with Crippen molar-refractivity contribution in [3.8, 4) is 0 Å². The largest absolute Gasteiger partial charge is 0.481 e. The van der Waals surface area contributed by atoms with Crippen LogP contribution in [0.4, 0.5) is 0 Å². The van der Waals surface area contributed by atoms with Crippen molar-refractivity contribution < 1.29 is 9.90 Å². The van der Waals surface area contributed by atoms with Gasteiger partial charge in [0.05, 0.1) is 11.4 Å². The molecule has 0 bridgehead atoms.